The molecular formula is C19H18FN3O4. The zero-order chi connectivity index (χ0) is 19.4. The van der Waals surface area contributed by atoms with Crippen LogP contribution in [0.25, 0.3) is 10.9 Å². The minimum Gasteiger partial charge on any atom is -0.497 e. The lowest BCUT2D eigenvalue weighted by atomic mass is 10.1. The van der Waals surface area contributed by atoms with Crippen molar-refractivity contribution in [3.8, 4) is 11.5 Å². The largest absolute Gasteiger partial charge is 0.497 e. The van der Waals surface area contributed by atoms with Crippen LogP contribution in [0.4, 0.5) is 10.2 Å². The number of nitrogens with zero attached hydrogens (tertiary/aromatic N) is 2. The summed E-state index contributed by atoms with van der Waals surface area (Å²) in [6.07, 6.45) is 1.31. The highest BCUT2D eigenvalue weighted by molar-refractivity contribution is 6.05. The molecule has 27 heavy (non-hydrogen) atoms. The van der Waals surface area contributed by atoms with E-state index in [-0.39, 0.29) is 5.56 Å². The molecule has 1 heterocycles. The maximum absolute atomic E-state index is 14.0. The van der Waals surface area contributed by atoms with E-state index in [4.69, 9.17) is 14.2 Å². The first-order chi connectivity index (χ1) is 13.1. The first kappa shape index (κ1) is 18.4. The molecule has 140 valence electrons. The number of hydrogen-bond donors (Lipinski definition) is 1. The lowest BCUT2D eigenvalue weighted by Crippen LogP contribution is -2.08. The van der Waals surface area contributed by atoms with Gasteiger partial charge in [-0.1, -0.05) is 0 Å². The molecule has 3 aromatic rings. The third-order valence-electron chi connectivity index (χ3n) is 4.05. The fraction of sp³-hybridized carbons (Fsp3) is 0.211. The lowest BCUT2D eigenvalue weighted by Gasteiger charge is -2.13. The van der Waals surface area contributed by atoms with Crippen LogP contribution < -0.4 is 14.8 Å². The van der Waals surface area contributed by atoms with E-state index in [1.807, 2.05) is 12.1 Å². The quantitative estimate of drug-likeness (QED) is 0.666. The van der Waals surface area contributed by atoms with Crippen molar-refractivity contribution in [2.24, 2.45) is 0 Å². The highest BCUT2D eigenvalue weighted by atomic mass is 19.1. The number of benzene rings is 2. The minimum atomic E-state index is -0.666. The van der Waals surface area contributed by atoms with Crippen molar-refractivity contribution in [1.29, 1.82) is 0 Å². The molecule has 0 bridgehead atoms. The molecule has 3 rings (SSSR count). The molecule has 0 unspecified atom stereocenters. The zero-order valence-electron chi connectivity index (χ0n) is 15.1. The van der Waals surface area contributed by atoms with Gasteiger partial charge in [-0.05, 0) is 24.3 Å². The van der Waals surface area contributed by atoms with E-state index >= 15 is 0 Å². The number of aromatic nitrogens is 2. The number of nitrogens with one attached hydrogen (secondary N) is 1. The third-order valence-corrected chi connectivity index (χ3v) is 4.05. The Hall–Kier alpha value is -3.42. The van der Waals surface area contributed by atoms with Crippen LogP contribution in [0.15, 0.2) is 36.7 Å². The van der Waals surface area contributed by atoms with Crippen LogP contribution in [0.5, 0.6) is 11.5 Å². The van der Waals surface area contributed by atoms with Gasteiger partial charge in [-0.25, -0.2) is 19.2 Å². The summed E-state index contributed by atoms with van der Waals surface area (Å²) < 4.78 is 29.3. The van der Waals surface area contributed by atoms with Crippen LogP contribution in [0.3, 0.4) is 0 Å². The molecule has 1 N–H and O–H groups in total. The fourth-order valence-electron chi connectivity index (χ4n) is 2.72. The standard InChI is InChI=1S/C19H18FN3O4/c1-25-13-5-4-11(16(8-13)26-2)9-21-18-14-6-12(20)7-15(19(24)27-3)17(14)22-10-23-18/h4-8,10H,9H2,1-3H3,(H,21,22,23). The predicted octanol–water partition coefficient (Wildman–Crippen LogP) is 3.18. The van der Waals surface area contributed by atoms with Crippen molar-refractivity contribution < 1.29 is 23.4 Å². The Balaban J connectivity index is 1.96. The number of carbonyl (C=O) groups is 1. The number of fused-ring (bicyclic) bond motifs is 1. The van der Waals surface area contributed by atoms with Crippen LogP contribution in [-0.4, -0.2) is 37.3 Å². The molecule has 0 saturated carbocycles. The summed E-state index contributed by atoms with van der Waals surface area (Å²) in [5.41, 5.74) is 1.21. The van der Waals surface area contributed by atoms with E-state index in [1.54, 1.807) is 20.3 Å². The summed E-state index contributed by atoms with van der Waals surface area (Å²) >= 11 is 0. The van der Waals surface area contributed by atoms with E-state index < -0.39 is 11.8 Å². The van der Waals surface area contributed by atoms with Crippen molar-refractivity contribution in [2.45, 2.75) is 6.54 Å². The van der Waals surface area contributed by atoms with Gasteiger partial charge in [-0.3, -0.25) is 0 Å². The molecule has 0 spiro atoms. The molecule has 2 aromatic carbocycles. The Bertz CT molecular complexity index is 994. The van der Waals surface area contributed by atoms with Gasteiger partial charge < -0.3 is 19.5 Å². The van der Waals surface area contributed by atoms with Crippen LogP contribution in [0.1, 0.15) is 15.9 Å². The summed E-state index contributed by atoms with van der Waals surface area (Å²) in [4.78, 5) is 20.2. The van der Waals surface area contributed by atoms with Gasteiger partial charge in [-0.2, -0.15) is 0 Å². The average Bonchev–Trinajstić information content (AvgIpc) is 2.70. The SMILES string of the molecule is COC(=O)c1cc(F)cc2c(NCc3ccc(OC)cc3OC)ncnc12. The number of ether oxygens (including phenoxy) is 3. The van der Waals surface area contributed by atoms with E-state index in [9.17, 15) is 9.18 Å². The van der Waals surface area contributed by atoms with Gasteiger partial charge in [-0.15, -0.1) is 0 Å². The molecule has 0 saturated heterocycles. The smallest absolute Gasteiger partial charge is 0.340 e. The molecule has 7 nitrogen and oxygen atoms in total. The number of carbonyl (C=O) groups excluding carboxylic acids is 1. The van der Waals surface area contributed by atoms with E-state index in [0.29, 0.717) is 34.8 Å². The molecule has 0 atom stereocenters. The normalized spacial score (nSPS) is 10.5. The van der Waals surface area contributed by atoms with E-state index in [2.05, 4.69) is 15.3 Å². The Morgan fingerprint density at radius 1 is 1.11 bits per heavy atom. The molecule has 0 aliphatic rings. The summed E-state index contributed by atoms with van der Waals surface area (Å²) in [7, 11) is 4.37. The van der Waals surface area contributed by atoms with Gasteiger partial charge >= 0.3 is 5.97 Å². The number of anilines is 1. The lowest BCUT2D eigenvalue weighted by molar-refractivity contribution is 0.0602. The van der Waals surface area contributed by atoms with Gasteiger partial charge in [0.05, 0.1) is 32.4 Å². The van der Waals surface area contributed by atoms with Crippen LogP contribution >= 0.6 is 0 Å². The molecule has 0 fully saturated rings. The second kappa shape index (κ2) is 7.86. The second-order valence-corrected chi connectivity index (χ2v) is 5.59. The van der Waals surface area contributed by atoms with Crippen molar-refractivity contribution in [2.75, 3.05) is 26.6 Å². The summed E-state index contributed by atoms with van der Waals surface area (Å²) in [5, 5.41) is 3.52. The van der Waals surface area contributed by atoms with Gasteiger partial charge in [0.1, 0.15) is 29.5 Å². The predicted molar refractivity (Wildman–Crippen MR) is 97.7 cm³/mol. The van der Waals surface area contributed by atoms with Crippen molar-refractivity contribution >= 4 is 22.7 Å². The maximum Gasteiger partial charge on any atom is 0.340 e. The second-order valence-electron chi connectivity index (χ2n) is 5.59. The van der Waals surface area contributed by atoms with E-state index in [1.165, 1.54) is 19.5 Å². The highest BCUT2D eigenvalue weighted by Crippen LogP contribution is 2.28. The Morgan fingerprint density at radius 2 is 1.93 bits per heavy atom. The summed E-state index contributed by atoms with van der Waals surface area (Å²) in [6.45, 7) is 0.364. The van der Waals surface area contributed by atoms with Crippen LogP contribution in [-0.2, 0) is 11.3 Å². The zero-order valence-corrected chi connectivity index (χ0v) is 15.1. The summed E-state index contributed by atoms with van der Waals surface area (Å²) in [6, 6.07) is 7.80. The monoisotopic (exact) mass is 371 g/mol. The van der Waals surface area contributed by atoms with Crippen LogP contribution in [0, 0.1) is 5.82 Å². The Morgan fingerprint density at radius 3 is 2.63 bits per heavy atom. The highest BCUT2D eigenvalue weighted by Gasteiger charge is 2.16. The van der Waals surface area contributed by atoms with Gasteiger partial charge in [0.25, 0.3) is 0 Å². The van der Waals surface area contributed by atoms with Crippen molar-refractivity contribution in [3.05, 3.63) is 53.6 Å². The number of esters is 1. The number of rotatable bonds is 6. The van der Waals surface area contributed by atoms with Gasteiger partial charge in [0.15, 0.2) is 0 Å². The number of halogens is 1. The maximum atomic E-state index is 14.0. The first-order valence-electron chi connectivity index (χ1n) is 8.04. The first-order valence-corrected chi connectivity index (χ1v) is 8.04. The van der Waals surface area contributed by atoms with Gasteiger partial charge in [0, 0.05) is 23.6 Å². The molecule has 0 aliphatic carbocycles. The molecule has 0 radical (unpaired) electrons. The number of methoxy groups -OCH3 is 3. The topological polar surface area (TPSA) is 82.6 Å². The molecule has 0 amide bonds. The van der Waals surface area contributed by atoms with Crippen molar-refractivity contribution in [1.82, 2.24) is 9.97 Å². The molecule has 8 heteroatoms. The third kappa shape index (κ3) is 3.74. The summed E-state index contributed by atoms with van der Waals surface area (Å²) in [5.74, 6) is 0.459. The fourth-order valence-corrected chi connectivity index (χ4v) is 2.72. The van der Waals surface area contributed by atoms with Gasteiger partial charge in [0.2, 0.25) is 0 Å². The number of hydrogen-bond acceptors (Lipinski definition) is 7. The Kier molecular flexibility index (Phi) is 5.35. The van der Waals surface area contributed by atoms with Crippen molar-refractivity contribution in [3.63, 3.8) is 0 Å². The van der Waals surface area contributed by atoms with E-state index in [0.717, 1.165) is 11.6 Å². The molecular weight excluding hydrogens is 353 g/mol. The molecule has 1 aromatic heterocycles. The average molecular weight is 371 g/mol. The van der Waals surface area contributed by atoms with Crippen LogP contribution in [0.2, 0.25) is 0 Å². The minimum absolute atomic E-state index is 0.0416. The Labute approximate surface area is 155 Å². The molecule has 0 aliphatic heterocycles.